The Bertz CT molecular complexity index is 991. The SMILES string of the molecule is COc1cc(OC)c(OC)cc1CNC(=O)c1ccc2c(c1)NC(=O)[C@H]1CCCN21. The van der Waals surface area contributed by atoms with Crippen LogP contribution in [-0.4, -0.2) is 45.7 Å². The van der Waals surface area contributed by atoms with E-state index in [9.17, 15) is 9.59 Å². The van der Waals surface area contributed by atoms with Crippen molar-refractivity contribution in [3.8, 4) is 17.2 Å². The molecule has 2 aliphatic heterocycles. The Hall–Kier alpha value is -3.42. The zero-order valence-electron chi connectivity index (χ0n) is 17.3. The molecule has 2 N–H and O–H groups in total. The lowest BCUT2D eigenvalue weighted by Crippen LogP contribution is -2.44. The van der Waals surface area contributed by atoms with Crippen LogP contribution in [0.3, 0.4) is 0 Å². The number of benzene rings is 2. The van der Waals surface area contributed by atoms with Crippen molar-refractivity contribution < 1.29 is 23.8 Å². The van der Waals surface area contributed by atoms with Crippen LogP contribution >= 0.6 is 0 Å². The lowest BCUT2D eigenvalue weighted by molar-refractivity contribution is -0.117. The van der Waals surface area contributed by atoms with Gasteiger partial charge in [0.1, 0.15) is 11.8 Å². The third-order valence-corrected chi connectivity index (χ3v) is 5.61. The van der Waals surface area contributed by atoms with E-state index in [4.69, 9.17) is 14.2 Å². The summed E-state index contributed by atoms with van der Waals surface area (Å²) in [5.41, 5.74) is 2.88. The van der Waals surface area contributed by atoms with Crippen LogP contribution in [-0.2, 0) is 11.3 Å². The number of hydrogen-bond acceptors (Lipinski definition) is 6. The standard InChI is InChI=1S/C22H25N3O5/c1-28-18-11-20(30-3)19(29-2)10-14(18)12-23-21(26)13-6-7-16-15(9-13)24-22(27)17-5-4-8-25(16)17/h6-7,9-11,17H,4-5,8,12H2,1-3H3,(H,23,26)(H,24,27)/t17-/m1/s1. The van der Waals surface area contributed by atoms with Gasteiger partial charge in [0.25, 0.3) is 5.91 Å². The smallest absolute Gasteiger partial charge is 0.251 e. The summed E-state index contributed by atoms with van der Waals surface area (Å²) in [4.78, 5) is 27.2. The molecule has 8 nitrogen and oxygen atoms in total. The minimum atomic E-state index is -0.243. The molecular formula is C22H25N3O5. The van der Waals surface area contributed by atoms with E-state index in [0.29, 0.717) is 28.5 Å². The van der Waals surface area contributed by atoms with Gasteiger partial charge >= 0.3 is 0 Å². The van der Waals surface area contributed by atoms with E-state index < -0.39 is 0 Å². The molecule has 2 aromatic rings. The molecule has 0 spiro atoms. The second-order valence-corrected chi connectivity index (χ2v) is 7.27. The number of ether oxygens (including phenoxy) is 3. The molecule has 158 valence electrons. The van der Waals surface area contributed by atoms with Gasteiger partial charge in [0.05, 0.1) is 32.7 Å². The van der Waals surface area contributed by atoms with E-state index in [0.717, 1.165) is 30.6 Å². The van der Waals surface area contributed by atoms with Crippen LogP contribution in [0, 0.1) is 0 Å². The molecule has 1 fully saturated rings. The Morgan fingerprint density at radius 3 is 2.57 bits per heavy atom. The van der Waals surface area contributed by atoms with Crippen LogP contribution in [0.2, 0.25) is 0 Å². The summed E-state index contributed by atoms with van der Waals surface area (Å²) < 4.78 is 16.0. The maximum atomic E-state index is 12.8. The highest BCUT2D eigenvalue weighted by atomic mass is 16.5. The van der Waals surface area contributed by atoms with E-state index in [1.807, 2.05) is 6.07 Å². The van der Waals surface area contributed by atoms with E-state index in [-0.39, 0.29) is 24.4 Å². The van der Waals surface area contributed by atoms with Crippen molar-refractivity contribution in [1.29, 1.82) is 0 Å². The zero-order chi connectivity index (χ0) is 21.3. The third-order valence-electron chi connectivity index (χ3n) is 5.61. The van der Waals surface area contributed by atoms with Crippen molar-refractivity contribution in [2.24, 2.45) is 0 Å². The van der Waals surface area contributed by atoms with Gasteiger partial charge in [0, 0.05) is 30.3 Å². The van der Waals surface area contributed by atoms with Gasteiger partial charge in [-0.3, -0.25) is 9.59 Å². The van der Waals surface area contributed by atoms with Gasteiger partial charge < -0.3 is 29.7 Å². The fourth-order valence-corrected chi connectivity index (χ4v) is 4.08. The van der Waals surface area contributed by atoms with E-state index in [2.05, 4.69) is 15.5 Å². The molecule has 0 aliphatic carbocycles. The summed E-state index contributed by atoms with van der Waals surface area (Å²) in [6.45, 7) is 1.11. The molecule has 8 heteroatoms. The third kappa shape index (κ3) is 3.49. The first kappa shape index (κ1) is 19.9. The quantitative estimate of drug-likeness (QED) is 0.760. The van der Waals surface area contributed by atoms with Crippen LogP contribution in [0.5, 0.6) is 17.2 Å². The summed E-state index contributed by atoms with van der Waals surface area (Å²) in [5.74, 6) is 1.44. The lowest BCUT2D eigenvalue weighted by atomic mass is 10.1. The van der Waals surface area contributed by atoms with Crippen molar-refractivity contribution in [2.75, 3.05) is 38.1 Å². The Kier molecular flexibility index (Phi) is 5.39. The first-order chi connectivity index (χ1) is 14.5. The van der Waals surface area contributed by atoms with Gasteiger partial charge in [-0.05, 0) is 37.1 Å². The summed E-state index contributed by atoms with van der Waals surface area (Å²) >= 11 is 0. The molecule has 0 unspecified atom stereocenters. The summed E-state index contributed by atoms with van der Waals surface area (Å²) in [7, 11) is 4.67. The van der Waals surface area contributed by atoms with Crippen LogP contribution in [0.25, 0.3) is 0 Å². The molecule has 0 aromatic heterocycles. The molecule has 2 amide bonds. The van der Waals surface area contributed by atoms with E-state index >= 15 is 0 Å². The molecule has 1 atom stereocenters. The Morgan fingerprint density at radius 1 is 1.10 bits per heavy atom. The van der Waals surface area contributed by atoms with Gasteiger partial charge in [-0.15, -0.1) is 0 Å². The fourth-order valence-electron chi connectivity index (χ4n) is 4.08. The highest BCUT2D eigenvalue weighted by molar-refractivity contribution is 6.06. The number of carbonyl (C=O) groups excluding carboxylic acids is 2. The number of rotatable bonds is 6. The molecule has 30 heavy (non-hydrogen) atoms. The second kappa shape index (κ2) is 8.14. The molecule has 4 rings (SSSR count). The Labute approximate surface area is 175 Å². The molecular weight excluding hydrogens is 386 g/mol. The molecule has 0 saturated carbocycles. The lowest BCUT2D eigenvalue weighted by Gasteiger charge is -2.33. The maximum absolute atomic E-state index is 12.8. The van der Waals surface area contributed by atoms with Crippen molar-refractivity contribution in [3.05, 3.63) is 41.5 Å². The number of anilines is 2. The number of nitrogens with zero attached hydrogens (tertiary/aromatic N) is 1. The van der Waals surface area contributed by atoms with Crippen molar-refractivity contribution in [3.63, 3.8) is 0 Å². The van der Waals surface area contributed by atoms with Crippen molar-refractivity contribution >= 4 is 23.2 Å². The average molecular weight is 411 g/mol. The highest BCUT2D eigenvalue weighted by Gasteiger charge is 2.36. The van der Waals surface area contributed by atoms with Gasteiger partial charge in [0.15, 0.2) is 11.5 Å². The van der Waals surface area contributed by atoms with E-state index in [1.165, 1.54) is 0 Å². The molecule has 0 radical (unpaired) electrons. The molecule has 2 aliphatic rings. The average Bonchev–Trinajstić information content (AvgIpc) is 3.27. The van der Waals surface area contributed by atoms with Gasteiger partial charge in [-0.1, -0.05) is 0 Å². The number of carbonyl (C=O) groups is 2. The Balaban J connectivity index is 1.52. The van der Waals surface area contributed by atoms with Gasteiger partial charge in [-0.25, -0.2) is 0 Å². The number of methoxy groups -OCH3 is 3. The summed E-state index contributed by atoms with van der Waals surface area (Å²) in [5, 5.41) is 5.84. The van der Waals surface area contributed by atoms with Crippen molar-refractivity contribution in [1.82, 2.24) is 5.32 Å². The number of fused-ring (bicyclic) bond motifs is 3. The first-order valence-electron chi connectivity index (χ1n) is 9.84. The summed E-state index contributed by atoms with van der Waals surface area (Å²) in [6, 6.07) is 8.81. The van der Waals surface area contributed by atoms with Crippen LogP contribution in [0.15, 0.2) is 30.3 Å². The Morgan fingerprint density at radius 2 is 1.83 bits per heavy atom. The second-order valence-electron chi connectivity index (χ2n) is 7.27. The minimum Gasteiger partial charge on any atom is -0.496 e. The number of hydrogen-bond donors (Lipinski definition) is 2. The van der Waals surface area contributed by atoms with Crippen molar-refractivity contribution in [2.45, 2.75) is 25.4 Å². The largest absolute Gasteiger partial charge is 0.496 e. The monoisotopic (exact) mass is 411 g/mol. The molecule has 2 heterocycles. The first-order valence-corrected chi connectivity index (χ1v) is 9.84. The summed E-state index contributed by atoms with van der Waals surface area (Å²) in [6.07, 6.45) is 1.85. The van der Waals surface area contributed by atoms with Crippen LogP contribution < -0.4 is 29.7 Å². The van der Waals surface area contributed by atoms with Gasteiger partial charge in [0.2, 0.25) is 5.91 Å². The molecule has 0 bridgehead atoms. The number of amides is 2. The molecule has 1 saturated heterocycles. The number of nitrogens with one attached hydrogen (secondary N) is 2. The predicted octanol–water partition coefficient (Wildman–Crippen LogP) is 2.56. The predicted molar refractivity (Wildman–Crippen MR) is 113 cm³/mol. The maximum Gasteiger partial charge on any atom is 0.251 e. The van der Waals surface area contributed by atoms with Crippen LogP contribution in [0.4, 0.5) is 11.4 Å². The highest BCUT2D eigenvalue weighted by Crippen LogP contribution is 2.37. The fraction of sp³-hybridized carbons (Fsp3) is 0.364. The normalized spacial score (nSPS) is 17.0. The topological polar surface area (TPSA) is 89.1 Å². The van der Waals surface area contributed by atoms with Crippen LogP contribution in [0.1, 0.15) is 28.8 Å². The zero-order valence-corrected chi connectivity index (χ0v) is 17.3. The van der Waals surface area contributed by atoms with Gasteiger partial charge in [-0.2, -0.15) is 0 Å². The van der Waals surface area contributed by atoms with E-state index in [1.54, 1.807) is 45.6 Å². The minimum absolute atomic E-state index is 0.00683. The molecule has 2 aromatic carbocycles.